The van der Waals surface area contributed by atoms with Gasteiger partial charge in [0.1, 0.15) is 0 Å². The molecular weight excluding hydrogens is 344 g/mol. The van der Waals surface area contributed by atoms with Crippen LogP contribution < -0.4 is 0 Å². The third-order valence-corrected chi connectivity index (χ3v) is 6.37. The molecular formula is C21H24N2O2S. The molecule has 0 spiro atoms. The Balaban J connectivity index is 1.34. The third-order valence-electron chi connectivity index (χ3n) is 5.36. The van der Waals surface area contributed by atoms with Crippen LogP contribution in [-0.4, -0.2) is 47.8 Å². The fourth-order valence-electron chi connectivity index (χ4n) is 3.93. The molecule has 1 aliphatic heterocycles. The van der Waals surface area contributed by atoms with Gasteiger partial charge in [-0.1, -0.05) is 23.3 Å². The summed E-state index contributed by atoms with van der Waals surface area (Å²) >= 11 is 1.74. The van der Waals surface area contributed by atoms with Crippen LogP contribution in [0.15, 0.2) is 35.7 Å². The lowest BCUT2D eigenvalue weighted by Crippen LogP contribution is -2.51. The summed E-state index contributed by atoms with van der Waals surface area (Å²) in [6, 6.07) is 10.2. The highest BCUT2D eigenvalue weighted by atomic mass is 32.1. The fraction of sp³-hybridized carbons (Fsp3) is 0.429. The Kier molecular flexibility index (Phi) is 4.57. The standard InChI is InChI=1S/C21H24N2O2S/c1-14-10-15(2)12-16(11-14)20(24)22-5-7-23(8-6-22)21(25)18-13-17(18)19-4-3-9-26-19/h3-4,9-12,17-18H,5-8,13H2,1-2H3. The summed E-state index contributed by atoms with van der Waals surface area (Å²) in [5.41, 5.74) is 2.97. The predicted molar refractivity (Wildman–Crippen MR) is 104 cm³/mol. The van der Waals surface area contributed by atoms with E-state index in [-0.39, 0.29) is 17.7 Å². The van der Waals surface area contributed by atoms with E-state index in [1.54, 1.807) is 11.3 Å². The molecule has 1 aromatic heterocycles. The van der Waals surface area contributed by atoms with Gasteiger partial charge in [0, 0.05) is 48.5 Å². The molecule has 0 radical (unpaired) electrons. The Morgan fingerprint density at radius 1 is 1.00 bits per heavy atom. The van der Waals surface area contributed by atoms with E-state index in [1.165, 1.54) is 4.88 Å². The van der Waals surface area contributed by atoms with E-state index >= 15 is 0 Å². The smallest absolute Gasteiger partial charge is 0.253 e. The molecule has 2 unspecified atom stereocenters. The predicted octanol–water partition coefficient (Wildman–Crippen LogP) is 3.45. The van der Waals surface area contributed by atoms with Crippen molar-refractivity contribution in [3.63, 3.8) is 0 Å². The lowest BCUT2D eigenvalue weighted by molar-refractivity contribution is -0.134. The summed E-state index contributed by atoms with van der Waals surface area (Å²) in [5.74, 6) is 0.904. The molecule has 2 atom stereocenters. The summed E-state index contributed by atoms with van der Waals surface area (Å²) in [6.07, 6.45) is 0.973. The van der Waals surface area contributed by atoms with Crippen LogP contribution in [0.3, 0.4) is 0 Å². The molecule has 5 heteroatoms. The van der Waals surface area contributed by atoms with Gasteiger partial charge in [-0.2, -0.15) is 0 Å². The number of hydrogen-bond donors (Lipinski definition) is 0. The number of piperazine rings is 1. The van der Waals surface area contributed by atoms with Crippen LogP contribution in [0.5, 0.6) is 0 Å². The molecule has 1 saturated carbocycles. The van der Waals surface area contributed by atoms with Crippen LogP contribution in [0.2, 0.25) is 0 Å². The van der Waals surface area contributed by atoms with E-state index in [4.69, 9.17) is 0 Å². The van der Waals surface area contributed by atoms with Crippen molar-refractivity contribution < 1.29 is 9.59 Å². The maximum absolute atomic E-state index is 12.8. The Hall–Kier alpha value is -2.14. The highest BCUT2D eigenvalue weighted by Crippen LogP contribution is 2.50. The molecule has 136 valence electrons. The third kappa shape index (κ3) is 3.40. The Bertz CT molecular complexity index is 802. The normalized spacial score (nSPS) is 22.4. The molecule has 1 aromatic carbocycles. The Morgan fingerprint density at radius 3 is 2.27 bits per heavy atom. The molecule has 1 aliphatic carbocycles. The minimum atomic E-state index is 0.0757. The van der Waals surface area contributed by atoms with Crippen LogP contribution in [0.1, 0.15) is 38.7 Å². The van der Waals surface area contributed by atoms with Crippen LogP contribution >= 0.6 is 11.3 Å². The first kappa shape index (κ1) is 17.3. The summed E-state index contributed by atoms with van der Waals surface area (Å²) in [6.45, 7) is 6.55. The maximum atomic E-state index is 12.8. The first-order valence-corrected chi connectivity index (χ1v) is 10.1. The van der Waals surface area contributed by atoms with Crippen molar-refractivity contribution in [2.24, 2.45) is 5.92 Å². The minimum absolute atomic E-state index is 0.0757. The van der Waals surface area contributed by atoms with E-state index in [9.17, 15) is 9.59 Å². The second kappa shape index (κ2) is 6.88. The highest BCUT2D eigenvalue weighted by molar-refractivity contribution is 7.10. The SMILES string of the molecule is Cc1cc(C)cc(C(=O)N2CCN(C(=O)C3CC3c3cccs3)CC2)c1. The Labute approximate surface area is 158 Å². The molecule has 4 nitrogen and oxygen atoms in total. The van der Waals surface area contributed by atoms with E-state index in [0.29, 0.717) is 32.1 Å². The number of thiophene rings is 1. The molecule has 2 amide bonds. The first-order valence-electron chi connectivity index (χ1n) is 9.22. The first-order chi connectivity index (χ1) is 12.5. The van der Waals surface area contributed by atoms with Crippen molar-refractivity contribution in [3.05, 3.63) is 57.3 Å². The number of rotatable bonds is 3. The van der Waals surface area contributed by atoms with Gasteiger partial charge < -0.3 is 9.80 Å². The number of benzene rings is 1. The lowest BCUT2D eigenvalue weighted by Gasteiger charge is -2.35. The second-order valence-corrected chi connectivity index (χ2v) is 8.44. The van der Waals surface area contributed by atoms with Gasteiger partial charge in [-0.3, -0.25) is 9.59 Å². The van der Waals surface area contributed by atoms with E-state index in [1.807, 2.05) is 35.8 Å². The molecule has 0 N–H and O–H groups in total. The van der Waals surface area contributed by atoms with Crippen molar-refractivity contribution in [1.82, 2.24) is 9.80 Å². The molecule has 1 saturated heterocycles. The van der Waals surface area contributed by atoms with Gasteiger partial charge in [-0.25, -0.2) is 0 Å². The molecule has 2 aromatic rings. The van der Waals surface area contributed by atoms with Crippen molar-refractivity contribution >= 4 is 23.2 Å². The van der Waals surface area contributed by atoms with Crippen LogP contribution in [0.25, 0.3) is 0 Å². The van der Waals surface area contributed by atoms with Gasteiger partial charge in [0.05, 0.1) is 0 Å². The zero-order chi connectivity index (χ0) is 18.3. The minimum Gasteiger partial charge on any atom is -0.339 e. The average Bonchev–Trinajstić information content (AvgIpc) is 3.24. The molecule has 4 rings (SSSR count). The monoisotopic (exact) mass is 368 g/mol. The molecule has 2 aliphatic rings. The summed E-state index contributed by atoms with van der Waals surface area (Å²) < 4.78 is 0. The van der Waals surface area contributed by atoms with Gasteiger partial charge in [0.15, 0.2) is 0 Å². The fourth-order valence-corrected chi connectivity index (χ4v) is 4.84. The van der Waals surface area contributed by atoms with Gasteiger partial charge in [-0.05, 0) is 43.8 Å². The summed E-state index contributed by atoms with van der Waals surface area (Å²) in [5, 5.41) is 2.08. The van der Waals surface area contributed by atoms with Crippen molar-refractivity contribution in [2.45, 2.75) is 26.2 Å². The maximum Gasteiger partial charge on any atom is 0.253 e. The Morgan fingerprint density at radius 2 is 1.65 bits per heavy atom. The number of aryl methyl sites for hydroxylation is 2. The van der Waals surface area contributed by atoms with Crippen molar-refractivity contribution in [3.8, 4) is 0 Å². The largest absolute Gasteiger partial charge is 0.339 e. The number of hydrogen-bond acceptors (Lipinski definition) is 3. The van der Waals surface area contributed by atoms with Gasteiger partial charge in [0.25, 0.3) is 5.91 Å². The second-order valence-electron chi connectivity index (χ2n) is 7.46. The van der Waals surface area contributed by atoms with E-state index in [2.05, 4.69) is 23.6 Å². The molecule has 2 fully saturated rings. The number of nitrogens with zero attached hydrogens (tertiary/aromatic N) is 2. The van der Waals surface area contributed by atoms with Gasteiger partial charge >= 0.3 is 0 Å². The average molecular weight is 369 g/mol. The lowest BCUT2D eigenvalue weighted by atomic mass is 10.1. The van der Waals surface area contributed by atoms with Crippen LogP contribution in [0, 0.1) is 19.8 Å². The highest BCUT2D eigenvalue weighted by Gasteiger charge is 2.46. The zero-order valence-electron chi connectivity index (χ0n) is 15.3. The molecule has 0 bridgehead atoms. The van der Waals surface area contributed by atoms with Crippen LogP contribution in [0.4, 0.5) is 0 Å². The van der Waals surface area contributed by atoms with E-state index < -0.39 is 0 Å². The van der Waals surface area contributed by atoms with Gasteiger partial charge in [-0.15, -0.1) is 11.3 Å². The summed E-state index contributed by atoms with van der Waals surface area (Å²) in [7, 11) is 0. The molecule has 2 heterocycles. The number of carbonyl (C=O) groups is 2. The van der Waals surface area contributed by atoms with E-state index in [0.717, 1.165) is 23.1 Å². The number of amides is 2. The van der Waals surface area contributed by atoms with Crippen molar-refractivity contribution in [2.75, 3.05) is 26.2 Å². The van der Waals surface area contributed by atoms with Gasteiger partial charge in [0.2, 0.25) is 5.91 Å². The number of carbonyl (C=O) groups excluding carboxylic acids is 2. The zero-order valence-corrected chi connectivity index (χ0v) is 16.1. The molecule has 26 heavy (non-hydrogen) atoms. The summed E-state index contributed by atoms with van der Waals surface area (Å²) in [4.78, 5) is 30.6. The topological polar surface area (TPSA) is 40.6 Å². The van der Waals surface area contributed by atoms with Crippen LogP contribution in [-0.2, 0) is 4.79 Å². The quantitative estimate of drug-likeness (QED) is 0.832. The van der Waals surface area contributed by atoms with Crippen molar-refractivity contribution in [1.29, 1.82) is 0 Å².